The maximum atomic E-state index is 5.24. The molecule has 2 heterocycles. The van der Waals surface area contributed by atoms with Gasteiger partial charge in [-0.25, -0.2) is 9.97 Å². The first-order valence-electron chi connectivity index (χ1n) is 15.3. The van der Waals surface area contributed by atoms with Crippen LogP contribution < -0.4 is 0 Å². The number of rotatable bonds is 4. The molecule has 3 nitrogen and oxygen atoms in total. The quantitative estimate of drug-likeness (QED) is 0.196. The molecular formula is C42H27N3. The molecule has 0 radical (unpaired) electrons. The molecular weight excluding hydrogens is 546 g/mol. The number of aromatic nitrogens is 3. The van der Waals surface area contributed by atoms with Gasteiger partial charge < -0.3 is 0 Å². The summed E-state index contributed by atoms with van der Waals surface area (Å²) < 4.78 is 2.27. The lowest BCUT2D eigenvalue weighted by molar-refractivity contribution is 1.10. The fraction of sp³-hybridized carbons (Fsp3) is 0. The minimum absolute atomic E-state index is 0.932. The van der Waals surface area contributed by atoms with Gasteiger partial charge in [-0.05, 0) is 58.3 Å². The maximum Gasteiger partial charge on any atom is 0.145 e. The van der Waals surface area contributed by atoms with Gasteiger partial charge in [0.25, 0.3) is 0 Å². The second-order valence-corrected chi connectivity index (χ2v) is 11.4. The molecule has 0 saturated heterocycles. The number of fused-ring (bicyclic) bond motifs is 6. The fourth-order valence-corrected chi connectivity index (χ4v) is 6.68. The van der Waals surface area contributed by atoms with Crippen molar-refractivity contribution in [1.29, 1.82) is 0 Å². The van der Waals surface area contributed by atoms with E-state index in [9.17, 15) is 0 Å². The Morgan fingerprint density at radius 3 is 1.96 bits per heavy atom. The molecule has 9 rings (SSSR count). The Hall–Kier alpha value is -6.06. The highest BCUT2D eigenvalue weighted by molar-refractivity contribution is 6.22. The van der Waals surface area contributed by atoms with Crippen LogP contribution in [0, 0.1) is 0 Å². The van der Waals surface area contributed by atoms with Crippen molar-refractivity contribution in [3.05, 3.63) is 164 Å². The van der Waals surface area contributed by atoms with Crippen molar-refractivity contribution in [2.24, 2.45) is 0 Å². The first kappa shape index (κ1) is 25.4. The highest BCUT2D eigenvalue weighted by Crippen LogP contribution is 2.38. The molecule has 0 unspecified atom stereocenters. The van der Waals surface area contributed by atoms with Crippen LogP contribution in [0.3, 0.4) is 0 Å². The van der Waals surface area contributed by atoms with Gasteiger partial charge in [0.2, 0.25) is 0 Å². The van der Waals surface area contributed by atoms with Gasteiger partial charge in [-0.15, -0.1) is 0 Å². The molecule has 0 aliphatic rings. The Kier molecular flexibility index (Phi) is 5.82. The fourth-order valence-electron chi connectivity index (χ4n) is 6.68. The Balaban J connectivity index is 1.22. The van der Waals surface area contributed by atoms with E-state index in [-0.39, 0.29) is 0 Å². The molecule has 2 aromatic heterocycles. The van der Waals surface area contributed by atoms with E-state index in [0.29, 0.717) is 0 Å². The van der Waals surface area contributed by atoms with Crippen molar-refractivity contribution >= 4 is 43.5 Å². The van der Waals surface area contributed by atoms with Crippen LogP contribution in [-0.4, -0.2) is 14.5 Å². The molecule has 0 saturated carbocycles. The largest absolute Gasteiger partial charge is 0.292 e. The smallest absolute Gasteiger partial charge is 0.145 e. The summed E-state index contributed by atoms with van der Waals surface area (Å²) in [6.07, 6.45) is 0. The molecule has 0 N–H and O–H groups in total. The second kappa shape index (κ2) is 10.3. The molecule has 210 valence electrons. The molecule has 7 aromatic carbocycles. The van der Waals surface area contributed by atoms with Gasteiger partial charge in [0.15, 0.2) is 0 Å². The Morgan fingerprint density at radius 1 is 0.400 bits per heavy atom. The summed E-state index contributed by atoms with van der Waals surface area (Å²) in [5.74, 6) is 0.932. The van der Waals surface area contributed by atoms with Crippen molar-refractivity contribution in [2.75, 3.05) is 0 Å². The van der Waals surface area contributed by atoms with Crippen molar-refractivity contribution < 1.29 is 0 Å². The van der Waals surface area contributed by atoms with E-state index in [4.69, 9.17) is 9.97 Å². The van der Waals surface area contributed by atoms with Crippen LogP contribution in [0.2, 0.25) is 0 Å². The highest BCUT2D eigenvalue weighted by atomic mass is 15.1. The molecule has 0 aliphatic heterocycles. The third-order valence-electron chi connectivity index (χ3n) is 8.76. The Morgan fingerprint density at radius 2 is 1.07 bits per heavy atom. The van der Waals surface area contributed by atoms with Crippen molar-refractivity contribution in [3.8, 4) is 39.5 Å². The van der Waals surface area contributed by atoms with Gasteiger partial charge >= 0.3 is 0 Å². The topological polar surface area (TPSA) is 30.7 Å². The van der Waals surface area contributed by atoms with Gasteiger partial charge in [-0.2, -0.15) is 0 Å². The first-order chi connectivity index (χ1) is 22.3. The average molecular weight is 574 g/mol. The van der Waals surface area contributed by atoms with E-state index in [1.54, 1.807) is 0 Å². The van der Waals surface area contributed by atoms with Crippen molar-refractivity contribution in [1.82, 2.24) is 14.5 Å². The lowest BCUT2D eigenvalue weighted by Crippen LogP contribution is -1.98. The average Bonchev–Trinajstić information content (AvgIpc) is 3.51. The lowest BCUT2D eigenvalue weighted by atomic mass is 9.94. The molecule has 0 amide bonds. The predicted octanol–water partition coefficient (Wildman–Crippen LogP) is 10.9. The first-order valence-corrected chi connectivity index (χ1v) is 15.3. The Labute approximate surface area is 260 Å². The zero-order valence-corrected chi connectivity index (χ0v) is 24.4. The van der Waals surface area contributed by atoms with Crippen LogP contribution in [-0.2, 0) is 0 Å². The van der Waals surface area contributed by atoms with E-state index in [0.717, 1.165) is 61.4 Å². The van der Waals surface area contributed by atoms with Crippen molar-refractivity contribution in [3.63, 3.8) is 0 Å². The van der Waals surface area contributed by atoms with Crippen LogP contribution >= 0.6 is 0 Å². The van der Waals surface area contributed by atoms with Crippen molar-refractivity contribution in [2.45, 2.75) is 0 Å². The number of pyridine rings is 1. The predicted molar refractivity (Wildman–Crippen MR) is 188 cm³/mol. The molecule has 9 aromatic rings. The molecule has 0 atom stereocenters. The van der Waals surface area contributed by atoms with Gasteiger partial charge in [0.05, 0.1) is 22.2 Å². The van der Waals surface area contributed by atoms with E-state index in [1.165, 1.54) is 21.5 Å². The second-order valence-electron chi connectivity index (χ2n) is 11.4. The van der Waals surface area contributed by atoms with E-state index in [2.05, 4.69) is 156 Å². The standard InChI is InChI=1S/C42H27N3/c1-2-13-29(14-3-1)42-44-38-22-8-9-23-39(38)45(42)33-18-11-16-31(27-33)30-15-10-17-32(26-30)41-36-25-24-28-12-4-5-19-34(28)40(36)35-20-6-7-21-37(35)43-41/h1-27H. The highest BCUT2D eigenvalue weighted by Gasteiger charge is 2.16. The summed E-state index contributed by atoms with van der Waals surface area (Å²) in [6, 6.07) is 57.8. The van der Waals surface area contributed by atoms with E-state index >= 15 is 0 Å². The number of hydrogen-bond donors (Lipinski definition) is 0. The molecule has 0 bridgehead atoms. The summed E-state index contributed by atoms with van der Waals surface area (Å²) in [5, 5.41) is 6.08. The van der Waals surface area contributed by atoms with Gasteiger partial charge in [-0.1, -0.05) is 127 Å². The zero-order valence-electron chi connectivity index (χ0n) is 24.4. The minimum Gasteiger partial charge on any atom is -0.292 e. The van der Waals surface area contributed by atoms with Crippen LogP contribution in [0.4, 0.5) is 0 Å². The number of para-hydroxylation sites is 3. The molecule has 0 fully saturated rings. The number of hydrogen-bond acceptors (Lipinski definition) is 2. The monoisotopic (exact) mass is 573 g/mol. The third-order valence-corrected chi connectivity index (χ3v) is 8.76. The van der Waals surface area contributed by atoms with Gasteiger partial charge in [-0.3, -0.25) is 4.57 Å². The summed E-state index contributed by atoms with van der Waals surface area (Å²) in [4.78, 5) is 10.3. The SMILES string of the molecule is c1ccc(-c2nc3ccccc3n2-c2cccc(-c3cccc(-c4nc5ccccc5c5c4ccc4ccccc45)c3)c2)cc1. The third kappa shape index (κ3) is 4.21. The summed E-state index contributed by atoms with van der Waals surface area (Å²) >= 11 is 0. The zero-order chi connectivity index (χ0) is 29.7. The number of imidazole rings is 1. The molecule has 3 heteroatoms. The van der Waals surface area contributed by atoms with Crippen LogP contribution in [0.1, 0.15) is 0 Å². The summed E-state index contributed by atoms with van der Waals surface area (Å²) in [6.45, 7) is 0. The lowest BCUT2D eigenvalue weighted by Gasteiger charge is -2.14. The maximum absolute atomic E-state index is 5.24. The van der Waals surface area contributed by atoms with E-state index < -0.39 is 0 Å². The summed E-state index contributed by atoms with van der Waals surface area (Å²) in [5.41, 5.74) is 9.61. The number of benzene rings is 7. The molecule has 0 aliphatic carbocycles. The normalized spacial score (nSPS) is 11.6. The van der Waals surface area contributed by atoms with Gasteiger partial charge in [0.1, 0.15) is 5.82 Å². The Bertz CT molecular complexity index is 2530. The summed E-state index contributed by atoms with van der Waals surface area (Å²) in [7, 11) is 0. The van der Waals surface area contributed by atoms with Crippen LogP contribution in [0.25, 0.3) is 82.9 Å². The molecule has 45 heavy (non-hydrogen) atoms. The van der Waals surface area contributed by atoms with Gasteiger partial charge in [0, 0.05) is 33.0 Å². The minimum atomic E-state index is 0.932. The number of nitrogens with zero attached hydrogens (tertiary/aromatic N) is 3. The van der Waals surface area contributed by atoms with Crippen LogP contribution in [0.5, 0.6) is 0 Å². The van der Waals surface area contributed by atoms with Crippen LogP contribution in [0.15, 0.2) is 164 Å². The molecule has 0 spiro atoms. The van der Waals surface area contributed by atoms with E-state index in [1.807, 2.05) is 12.1 Å².